The quantitative estimate of drug-likeness (QED) is 0.690. The molecule has 1 amide bonds. The van der Waals surface area contributed by atoms with E-state index >= 15 is 0 Å². The molecule has 134 valence electrons. The Morgan fingerprint density at radius 3 is 2.27 bits per heavy atom. The van der Waals surface area contributed by atoms with Crippen LogP contribution in [-0.4, -0.2) is 61.5 Å². The number of likely N-dealkylation sites (N-methyl/N-ethyl adjacent to an activating group) is 1. The molecule has 0 bridgehead atoms. The van der Waals surface area contributed by atoms with Gasteiger partial charge in [0.25, 0.3) is 0 Å². The summed E-state index contributed by atoms with van der Waals surface area (Å²) in [7, 11) is 0. The van der Waals surface area contributed by atoms with Gasteiger partial charge in [-0.05, 0) is 44.4 Å². The molecule has 6 heteroatoms. The van der Waals surface area contributed by atoms with Crippen LogP contribution in [0.3, 0.4) is 0 Å². The maximum Gasteiger partial charge on any atom is 0.222 e. The summed E-state index contributed by atoms with van der Waals surface area (Å²) in [5, 5.41) is 3.35. The zero-order valence-corrected chi connectivity index (χ0v) is 16.3. The summed E-state index contributed by atoms with van der Waals surface area (Å²) >= 11 is 0. The monoisotopic (exact) mass is 355 g/mol. The van der Waals surface area contributed by atoms with Crippen LogP contribution in [0.15, 0.2) is 0 Å². The van der Waals surface area contributed by atoms with Crippen LogP contribution >= 0.6 is 24.8 Å². The van der Waals surface area contributed by atoms with Gasteiger partial charge in [0.15, 0.2) is 0 Å². The predicted molar refractivity (Wildman–Crippen MR) is 99.3 cm³/mol. The normalized spacial score (nSPS) is 17.3. The number of nitrogens with one attached hydrogen (secondary N) is 1. The predicted octanol–water partition coefficient (Wildman–Crippen LogP) is 2.66. The van der Waals surface area contributed by atoms with Crippen molar-refractivity contribution in [3.8, 4) is 0 Å². The second kappa shape index (κ2) is 13.4. The maximum absolute atomic E-state index is 12.5. The zero-order valence-electron chi connectivity index (χ0n) is 14.6. The van der Waals surface area contributed by atoms with Crippen molar-refractivity contribution in [2.75, 3.05) is 45.8 Å². The van der Waals surface area contributed by atoms with Gasteiger partial charge in [-0.15, -0.1) is 24.8 Å². The van der Waals surface area contributed by atoms with Crippen LogP contribution in [-0.2, 0) is 4.79 Å². The Balaban J connectivity index is 0. The molecule has 1 rings (SSSR count). The van der Waals surface area contributed by atoms with Gasteiger partial charge in [0.1, 0.15) is 0 Å². The molecular formula is C16H35Cl2N3O. The van der Waals surface area contributed by atoms with E-state index in [1.54, 1.807) is 0 Å². The highest BCUT2D eigenvalue weighted by molar-refractivity contribution is 5.85. The summed E-state index contributed by atoms with van der Waals surface area (Å²) < 4.78 is 0. The third-order valence-electron chi connectivity index (χ3n) is 4.14. The standard InChI is InChI=1S/C16H33N3O.2ClH/c1-5-18(6-2)9-10-19(13-14(3)4)16(20)11-15-7-8-17-12-15;;/h14-15,17H,5-13H2,1-4H3;2*1H. The molecule has 1 aliphatic heterocycles. The first kappa shape index (κ1) is 24.2. The van der Waals surface area contributed by atoms with Crippen LogP contribution in [0.1, 0.15) is 40.5 Å². The van der Waals surface area contributed by atoms with Crippen LogP contribution in [0.2, 0.25) is 0 Å². The van der Waals surface area contributed by atoms with Gasteiger partial charge in [0.2, 0.25) is 5.91 Å². The van der Waals surface area contributed by atoms with E-state index < -0.39 is 0 Å². The van der Waals surface area contributed by atoms with Crippen molar-refractivity contribution in [3.63, 3.8) is 0 Å². The topological polar surface area (TPSA) is 35.6 Å². The average Bonchev–Trinajstić information content (AvgIpc) is 2.90. The van der Waals surface area contributed by atoms with Gasteiger partial charge in [-0.2, -0.15) is 0 Å². The van der Waals surface area contributed by atoms with Gasteiger partial charge in [0, 0.05) is 26.1 Å². The second-order valence-corrected chi connectivity index (χ2v) is 6.32. The van der Waals surface area contributed by atoms with Crippen molar-refractivity contribution in [1.29, 1.82) is 0 Å². The molecule has 1 fully saturated rings. The molecule has 0 saturated carbocycles. The number of hydrogen-bond acceptors (Lipinski definition) is 3. The molecule has 0 radical (unpaired) electrons. The molecule has 22 heavy (non-hydrogen) atoms. The molecule has 1 atom stereocenters. The van der Waals surface area contributed by atoms with Crippen molar-refractivity contribution in [2.24, 2.45) is 11.8 Å². The van der Waals surface area contributed by atoms with Gasteiger partial charge in [-0.3, -0.25) is 4.79 Å². The van der Waals surface area contributed by atoms with Crippen molar-refractivity contribution in [3.05, 3.63) is 0 Å². The molecule has 1 saturated heterocycles. The fourth-order valence-electron chi connectivity index (χ4n) is 2.83. The SMILES string of the molecule is CCN(CC)CCN(CC(C)C)C(=O)CC1CCNC1.Cl.Cl. The first-order chi connectivity index (χ1) is 9.56. The van der Waals surface area contributed by atoms with E-state index in [0.717, 1.165) is 58.7 Å². The lowest BCUT2D eigenvalue weighted by Gasteiger charge is -2.28. The Labute approximate surface area is 149 Å². The largest absolute Gasteiger partial charge is 0.341 e. The lowest BCUT2D eigenvalue weighted by atomic mass is 10.0. The summed E-state index contributed by atoms with van der Waals surface area (Å²) in [4.78, 5) is 17.0. The van der Waals surface area contributed by atoms with E-state index in [4.69, 9.17) is 0 Å². The summed E-state index contributed by atoms with van der Waals surface area (Å²) in [6, 6.07) is 0. The summed E-state index contributed by atoms with van der Waals surface area (Å²) in [5.74, 6) is 1.43. The molecule has 0 aromatic carbocycles. The van der Waals surface area contributed by atoms with Gasteiger partial charge >= 0.3 is 0 Å². The Bertz CT molecular complexity index is 281. The zero-order chi connectivity index (χ0) is 15.0. The molecule has 1 heterocycles. The number of carbonyl (C=O) groups is 1. The fraction of sp³-hybridized carbons (Fsp3) is 0.938. The van der Waals surface area contributed by atoms with Crippen molar-refractivity contribution >= 4 is 30.7 Å². The summed E-state index contributed by atoms with van der Waals surface area (Å²) in [6.45, 7) is 15.7. The van der Waals surface area contributed by atoms with Crippen LogP contribution in [0.5, 0.6) is 0 Å². The molecular weight excluding hydrogens is 321 g/mol. The minimum atomic E-state index is 0. The van der Waals surface area contributed by atoms with Gasteiger partial charge < -0.3 is 15.1 Å². The summed E-state index contributed by atoms with van der Waals surface area (Å²) in [6.07, 6.45) is 1.87. The molecule has 0 spiro atoms. The number of amides is 1. The smallest absolute Gasteiger partial charge is 0.222 e. The average molecular weight is 356 g/mol. The van der Waals surface area contributed by atoms with Gasteiger partial charge in [-0.1, -0.05) is 27.7 Å². The number of nitrogens with zero attached hydrogens (tertiary/aromatic N) is 2. The number of halogens is 2. The van der Waals surface area contributed by atoms with Crippen LogP contribution in [0, 0.1) is 11.8 Å². The van der Waals surface area contributed by atoms with Crippen LogP contribution < -0.4 is 5.32 Å². The van der Waals surface area contributed by atoms with Crippen molar-refractivity contribution < 1.29 is 4.79 Å². The number of rotatable bonds is 9. The number of carbonyl (C=O) groups excluding carboxylic acids is 1. The highest BCUT2D eigenvalue weighted by Crippen LogP contribution is 2.14. The molecule has 0 aromatic heterocycles. The Hall–Kier alpha value is -0.0300. The Kier molecular flexibility index (Phi) is 14.8. The van der Waals surface area contributed by atoms with Crippen LogP contribution in [0.4, 0.5) is 0 Å². The first-order valence-electron chi connectivity index (χ1n) is 8.27. The molecule has 1 N–H and O–H groups in total. The van der Waals surface area contributed by atoms with Crippen molar-refractivity contribution in [1.82, 2.24) is 15.1 Å². The Morgan fingerprint density at radius 1 is 1.18 bits per heavy atom. The van der Waals surface area contributed by atoms with Crippen LogP contribution in [0.25, 0.3) is 0 Å². The molecule has 1 unspecified atom stereocenters. The van der Waals surface area contributed by atoms with E-state index in [1.807, 2.05) is 0 Å². The van der Waals surface area contributed by atoms with Gasteiger partial charge in [-0.25, -0.2) is 0 Å². The van der Waals surface area contributed by atoms with E-state index in [-0.39, 0.29) is 24.8 Å². The molecule has 1 aliphatic rings. The van der Waals surface area contributed by atoms with Gasteiger partial charge in [0.05, 0.1) is 0 Å². The minimum Gasteiger partial charge on any atom is -0.341 e. The maximum atomic E-state index is 12.5. The lowest BCUT2D eigenvalue weighted by Crippen LogP contribution is -2.41. The minimum absolute atomic E-state index is 0. The molecule has 0 aliphatic carbocycles. The Morgan fingerprint density at radius 2 is 1.82 bits per heavy atom. The fourth-order valence-corrected chi connectivity index (χ4v) is 2.83. The second-order valence-electron chi connectivity index (χ2n) is 6.32. The van der Waals surface area contributed by atoms with E-state index in [2.05, 4.69) is 42.8 Å². The third-order valence-corrected chi connectivity index (χ3v) is 4.14. The molecule has 4 nitrogen and oxygen atoms in total. The van der Waals surface area contributed by atoms with E-state index in [1.165, 1.54) is 0 Å². The number of hydrogen-bond donors (Lipinski definition) is 1. The lowest BCUT2D eigenvalue weighted by molar-refractivity contribution is -0.132. The summed E-state index contributed by atoms with van der Waals surface area (Å²) in [5.41, 5.74) is 0. The third kappa shape index (κ3) is 9.19. The highest BCUT2D eigenvalue weighted by Gasteiger charge is 2.22. The van der Waals surface area contributed by atoms with E-state index in [0.29, 0.717) is 17.7 Å². The molecule has 0 aromatic rings. The van der Waals surface area contributed by atoms with Crippen molar-refractivity contribution in [2.45, 2.75) is 40.5 Å². The highest BCUT2D eigenvalue weighted by atomic mass is 35.5. The van der Waals surface area contributed by atoms with E-state index in [9.17, 15) is 4.79 Å². The first-order valence-corrected chi connectivity index (χ1v) is 8.27.